The summed E-state index contributed by atoms with van der Waals surface area (Å²) >= 11 is 1.68. The predicted octanol–water partition coefficient (Wildman–Crippen LogP) is 5.55. The highest BCUT2D eigenvalue weighted by Crippen LogP contribution is 2.44. The molecule has 0 aliphatic heterocycles. The molecular formula is C30H41NO4S. The summed E-state index contributed by atoms with van der Waals surface area (Å²) in [5.41, 5.74) is -0.819. The van der Waals surface area contributed by atoms with Gasteiger partial charge in [0, 0.05) is 47.3 Å². The molecule has 1 heterocycles. The van der Waals surface area contributed by atoms with E-state index in [0.29, 0.717) is 19.3 Å². The number of rotatable bonds is 12. The van der Waals surface area contributed by atoms with E-state index in [4.69, 9.17) is 0 Å². The van der Waals surface area contributed by atoms with Crippen LogP contribution in [0.4, 0.5) is 0 Å². The molecule has 1 saturated carbocycles. The largest absolute Gasteiger partial charge is 0.391 e. The topological polar surface area (TPSA) is 77.8 Å². The zero-order valence-corrected chi connectivity index (χ0v) is 22.8. The van der Waals surface area contributed by atoms with Crippen molar-refractivity contribution in [2.75, 3.05) is 13.1 Å². The maximum Gasteiger partial charge on any atom is 0.222 e. The van der Waals surface area contributed by atoms with Crippen LogP contribution >= 0.6 is 11.3 Å². The molecule has 2 aromatic rings. The smallest absolute Gasteiger partial charge is 0.222 e. The molecule has 36 heavy (non-hydrogen) atoms. The van der Waals surface area contributed by atoms with Crippen molar-refractivity contribution in [2.45, 2.75) is 72.0 Å². The molecule has 1 aromatic heterocycles. The summed E-state index contributed by atoms with van der Waals surface area (Å²) in [7, 11) is 0. The minimum atomic E-state index is -0.819. The van der Waals surface area contributed by atoms with E-state index in [-0.39, 0.29) is 23.5 Å². The average molecular weight is 512 g/mol. The number of aliphatic hydroxyl groups is 2. The Bertz CT molecular complexity index is 1050. The Labute approximate surface area is 219 Å². The fourth-order valence-corrected chi connectivity index (χ4v) is 6.25. The number of carbonyl (C=O) groups excluding carboxylic acids is 2. The number of aliphatic hydroxyl groups excluding tert-OH is 2. The number of ketones is 1. The maximum absolute atomic E-state index is 13.1. The molecule has 2 N–H and O–H groups in total. The molecule has 0 spiro atoms. The second-order valence-corrected chi connectivity index (χ2v) is 11.5. The summed E-state index contributed by atoms with van der Waals surface area (Å²) in [6, 6.07) is 10.3. The van der Waals surface area contributed by atoms with Gasteiger partial charge in [-0.25, -0.2) is 0 Å². The minimum Gasteiger partial charge on any atom is -0.391 e. The fourth-order valence-electron chi connectivity index (χ4n) is 5.14. The molecule has 196 valence electrons. The van der Waals surface area contributed by atoms with E-state index in [1.54, 1.807) is 31.3 Å². The highest BCUT2D eigenvalue weighted by molar-refractivity contribution is 7.19. The highest BCUT2D eigenvalue weighted by Gasteiger charge is 2.52. The SMILES string of the molecule is CCN(CC)C(=O)CCC/C=C\C[C@H]1C(=O)C(C)(C)[C@@H](O)[C@@H]1/C=C/C(O)Cc1cc2ccccc2s1. The van der Waals surface area contributed by atoms with Gasteiger partial charge in [0.2, 0.25) is 5.91 Å². The van der Waals surface area contributed by atoms with Gasteiger partial charge >= 0.3 is 0 Å². The molecule has 1 aliphatic carbocycles. The van der Waals surface area contributed by atoms with Crippen molar-refractivity contribution in [3.8, 4) is 0 Å². The van der Waals surface area contributed by atoms with E-state index in [9.17, 15) is 19.8 Å². The number of hydrogen-bond donors (Lipinski definition) is 2. The van der Waals surface area contributed by atoms with Crippen molar-refractivity contribution in [3.05, 3.63) is 59.5 Å². The number of benzene rings is 1. The maximum atomic E-state index is 13.1. The Hall–Kier alpha value is -2.28. The number of thiophene rings is 1. The quantitative estimate of drug-likeness (QED) is 0.289. The van der Waals surface area contributed by atoms with Crippen LogP contribution in [0.15, 0.2) is 54.6 Å². The van der Waals surface area contributed by atoms with Crippen molar-refractivity contribution >= 4 is 33.1 Å². The molecule has 6 heteroatoms. The molecule has 1 unspecified atom stereocenters. The van der Waals surface area contributed by atoms with Crippen LogP contribution in [-0.4, -0.2) is 52.1 Å². The lowest BCUT2D eigenvalue weighted by Crippen LogP contribution is -2.31. The van der Waals surface area contributed by atoms with Crippen LogP contribution in [0.2, 0.25) is 0 Å². The minimum absolute atomic E-state index is 0.0602. The first-order chi connectivity index (χ1) is 17.2. The summed E-state index contributed by atoms with van der Waals surface area (Å²) in [5, 5.41) is 22.8. The molecule has 3 rings (SSSR count). The van der Waals surface area contributed by atoms with Gasteiger partial charge in [0.05, 0.1) is 17.6 Å². The Morgan fingerprint density at radius 1 is 1.19 bits per heavy atom. The first-order valence-electron chi connectivity index (χ1n) is 13.2. The van der Waals surface area contributed by atoms with Crippen LogP contribution in [0.25, 0.3) is 10.1 Å². The van der Waals surface area contributed by atoms with E-state index in [1.807, 2.05) is 49.1 Å². The second-order valence-electron chi connectivity index (χ2n) is 10.3. The molecule has 1 amide bonds. The molecule has 5 nitrogen and oxygen atoms in total. The fraction of sp³-hybridized carbons (Fsp3) is 0.533. The summed E-state index contributed by atoms with van der Waals surface area (Å²) in [6.07, 6.45) is 9.32. The number of amides is 1. The zero-order chi connectivity index (χ0) is 26.3. The number of carbonyl (C=O) groups is 2. The molecular weight excluding hydrogens is 470 g/mol. The lowest BCUT2D eigenvalue weighted by Gasteiger charge is -2.22. The second kappa shape index (κ2) is 12.8. The Morgan fingerprint density at radius 2 is 1.92 bits per heavy atom. The van der Waals surface area contributed by atoms with E-state index < -0.39 is 17.6 Å². The third kappa shape index (κ3) is 6.72. The monoisotopic (exact) mass is 511 g/mol. The van der Waals surface area contributed by atoms with Crippen LogP contribution in [0, 0.1) is 17.3 Å². The third-order valence-electron chi connectivity index (χ3n) is 7.42. The van der Waals surface area contributed by atoms with Crippen molar-refractivity contribution in [2.24, 2.45) is 17.3 Å². The number of allylic oxidation sites excluding steroid dienone is 2. The van der Waals surface area contributed by atoms with Gasteiger partial charge in [0.1, 0.15) is 5.78 Å². The number of nitrogens with zero attached hydrogens (tertiary/aromatic N) is 1. The van der Waals surface area contributed by atoms with Crippen LogP contribution in [-0.2, 0) is 16.0 Å². The number of unbranched alkanes of at least 4 members (excludes halogenated alkanes) is 1. The first-order valence-corrected chi connectivity index (χ1v) is 14.0. The van der Waals surface area contributed by atoms with E-state index in [1.165, 1.54) is 10.1 Å². The Balaban J connectivity index is 1.57. The Morgan fingerprint density at radius 3 is 2.61 bits per heavy atom. The molecule has 1 fully saturated rings. The molecule has 1 aliphatic rings. The first kappa shape index (κ1) is 28.3. The van der Waals surface area contributed by atoms with Gasteiger partial charge in [-0.15, -0.1) is 11.3 Å². The van der Waals surface area contributed by atoms with Crippen molar-refractivity contribution in [3.63, 3.8) is 0 Å². The molecule has 0 radical (unpaired) electrons. The van der Waals surface area contributed by atoms with E-state index in [2.05, 4.69) is 18.2 Å². The molecule has 1 aromatic carbocycles. The lowest BCUT2D eigenvalue weighted by molar-refractivity contribution is -0.131. The standard InChI is InChI=1S/C30H41NO4S/c1-5-31(6-2)27(33)16-10-8-7-9-14-24-25(29(35)30(3,4)28(24)34)18-17-22(32)20-23-19-21-13-11-12-15-26(21)36-23/h7,9,11-13,15,17-19,22,24-25,29,32,35H,5-6,8,10,14,16,20H2,1-4H3/b9-7-,18-17+/t22?,24-,25-,29+/m1/s1. The van der Waals surface area contributed by atoms with Gasteiger partial charge in [-0.05, 0) is 50.6 Å². The Kier molecular flexibility index (Phi) is 10.1. The normalized spacial score (nSPS) is 22.7. The summed E-state index contributed by atoms with van der Waals surface area (Å²) < 4.78 is 1.20. The van der Waals surface area contributed by atoms with Gasteiger partial charge in [-0.1, -0.05) is 56.4 Å². The van der Waals surface area contributed by atoms with Gasteiger partial charge in [0.25, 0.3) is 0 Å². The van der Waals surface area contributed by atoms with Gasteiger partial charge in [0.15, 0.2) is 0 Å². The van der Waals surface area contributed by atoms with Gasteiger partial charge < -0.3 is 15.1 Å². The van der Waals surface area contributed by atoms with Gasteiger partial charge in [-0.3, -0.25) is 9.59 Å². The number of Topliss-reactive ketones (excluding diaryl/α,β-unsaturated/α-hetero) is 1. The van der Waals surface area contributed by atoms with Gasteiger partial charge in [-0.2, -0.15) is 0 Å². The van der Waals surface area contributed by atoms with E-state index >= 15 is 0 Å². The summed E-state index contributed by atoms with van der Waals surface area (Å²) in [6.45, 7) is 9.06. The van der Waals surface area contributed by atoms with Crippen LogP contribution in [0.3, 0.4) is 0 Å². The van der Waals surface area contributed by atoms with Crippen molar-refractivity contribution < 1.29 is 19.8 Å². The van der Waals surface area contributed by atoms with Crippen LogP contribution < -0.4 is 0 Å². The zero-order valence-electron chi connectivity index (χ0n) is 22.0. The van der Waals surface area contributed by atoms with Crippen molar-refractivity contribution in [1.29, 1.82) is 0 Å². The highest BCUT2D eigenvalue weighted by atomic mass is 32.1. The van der Waals surface area contributed by atoms with E-state index in [0.717, 1.165) is 30.8 Å². The summed E-state index contributed by atoms with van der Waals surface area (Å²) in [4.78, 5) is 28.2. The third-order valence-corrected chi connectivity index (χ3v) is 8.56. The summed E-state index contributed by atoms with van der Waals surface area (Å²) in [5.74, 6) is -0.413. The molecule has 0 bridgehead atoms. The number of hydrogen-bond acceptors (Lipinski definition) is 5. The predicted molar refractivity (Wildman–Crippen MR) is 148 cm³/mol. The number of fused-ring (bicyclic) bond motifs is 1. The lowest BCUT2D eigenvalue weighted by atomic mass is 9.86. The molecule has 0 saturated heterocycles. The van der Waals surface area contributed by atoms with Crippen LogP contribution in [0.1, 0.15) is 58.3 Å². The average Bonchev–Trinajstić information content (AvgIpc) is 3.32. The van der Waals surface area contributed by atoms with Crippen molar-refractivity contribution in [1.82, 2.24) is 4.90 Å². The van der Waals surface area contributed by atoms with Crippen LogP contribution in [0.5, 0.6) is 0 Å². The molecule has 4 atom stereocenters.